The van der Waals surface area contributed by atoms with Gasteiger partial charge in [0.2, 0.25) is 0 Å². The molecule has 0 aliphatic carbocycles. The normalized spacial score (nSPS) is 11.5. The summed E-state index contributed by atoms with van der Waals surface area (Å²) in [6.45, 7) is 0. The molecule has 0 aliphatic rings. The number of nitrogens with zero attached hydrogens (tertiary/aromatic N) is 1. The minimum Gasteiger partial charge on any atom is -0.307 e. The number of amides is 2. The van der Waals surface area contributed by atoms with E-state index >= 15 is 0 Å². The molecule has 0 unspecified atom stereocenters. The number of aromatic nitrogens is 2. The number of halogens is 2. The zero-order valence-electron chi connectivity index (χ0n) is 17.9. The SMILES string of the molecule is COOSc1ccc2[nH]c(=O)n(-c3ccc(NC(=O)NS(=O)(=O)c4ccc(Cl)s4)cc3Cl)c(=O)c2c1. The third-order valence-electron chi connectivity index (χ3n) is 4.55. The van der Waals surface area contributed by atoms with Gasteiger partial charge in [-0.05, 0) is 48.5 Å². The number of carbonyl (C=O) groups excluding carboxylic acids is 1. The van der Waals surface area contributed by atoms with Crippen molar-refractivity contribution in [1.29, 1.82) is 0 Å². The van der Waals surface area contributed by atoms with Crippen LogP contribution < -0.4 is 21.3 Å². The molecule has 16 heteroatoms. The second kappa shape index (κ2) is 10.6. The monoisotopic (exact) mass is 588 g/mol. The van der Waals surface area contributed by atoms with Crippen molar-refractivity contribution >= 4 is 79.2 Å². The van der Waals surface area contributed by atoms with E-state index in [9.17, 15) is 22.8 Å². The van der Waals surface area contributed by atoms with E-state index in [0.29, 0.717) is 10.4 Å². The lowest BCUT2D eigenvalue weighted by Crippen LogP contribution is -2.34. The Morgan fingerprint density at radius 3 is 2.56 bits per heavy atom. The minimum atomic E-state index is -4.13. The van der Waals surface area contributed by atoms with E-state index in [1.165, 1.54) is 43.5 Å². The average Bonchev–Trinajstić information content (AvgIpc) is 3.26. The summed E-state index contributed by atoms with van der Waals surface area (Å²) in [6.07, 6.45) is 0. The van der Waals surface area contributed by atoms with Crippen LogP contribution in [0.3, 0.4) is 0 Å². The van der Waals surface area contributed by atoms with Crippen LogP contribution in [0, 0.1) is 0 Å². The van der Waals surface area contributed by atoms with Crippen molar-refractivity contribution < 1.29 is 22.4 Å². The summed E-state index contributed by atoms with van der Waals surface area (Å²) in [7, 11) is -2.80. The Kier molecular flexibility index (Phi) is 7.75. The molecule has 2 aromatic heterocycles. The molecule has 0 aliphatic heterocycles. The summed E-state index contributed by atoms with van der Waals surface area (Å²) >= 11 is 13.7. The fraction of sp³-hybridized carbons (Fsp3) is 0.0500. The molecule has 4 aromatic rings. The third kappa shape index (κ3) is 5.59. The van der Waals surface area contributed by atoms with Gasteiger partial charge in [-0.25, -0.2) is 32.2 Å². The molecule has 11 nitrogen and oxygen atoms in total. The lowest BCUT2D eigenvalue weighted by Gasteiger charge is -2.12. The Morgan fingerprint density at radius 2 is 1.89 bits per heavy atom. The lowest BCUT2D eigenvalue weighted by atomic mass is 10.2. The molecule has 188 valence electrons. The van der Waals surface area contributed by atoms with Gasteiger partial charge in [0.1, 0.15) is 4.21 Å². The number of nitrogens with one attached hydrogen (secondary N) is 3. The van der Waals surface area contributed by atoms with Crippen LogP contribution in [0.2, 0.25) is 9.36 Å². The maximum atomic E-state index is 13.1. The van der Waals surface area contributed by atoms with Crippen molar-refractivity contribution in [1.82, 2.24) is 14.3 Å². The summed E-state index contributed by atoms with van der Waals surface area (Å²) in [5, 5.41) is 2.47. The Morgan fingerprint density at radius 1 is 1.11 bits per heavy atom. The number of benzene rings is 2. The molecule has 0 saturated carbocycles. The van der Waals surface area contributed by atoms with Crippen LogP contribution in [0.1, 0.15) is 0 Å². The van der Waals surface area contributed by atoms with E-state index in [1.807, 2.05) is 4.72 Å². The molecule has 2 amide bonds. The molecule has 4 rings (SSSR count). The summed E-state index contributed by atoms with van der Waals surface area (Å²) in [4.78, 5) is 45.7. The first-order valence-electron chi connectivity index (χ1n) is 9.64. The number of urea groups is 1. The van der Waals surface area contributed by atoms with Gasteiger partial charge < -0.3 is 10.3 Å². The van der Waals surface area contributed by atoms with Crippen molar-refractivity contribution in [3.05, 3.63) is 78.7 Å². The highest BCUT2D eigenvalue weighted by molar-refractivity contribution is 7.94. The molecule has 36 heavy (non-hydrogen) atoms. The van der Waals surface area contributed by atoms with Crippen LogP contribution >= 0.6 is 46.6 Å². The molecule has 3 N–H and O–H groups in total. The predicted molar refractivity (Wildman–Crippen MR) is 138 cm³/mol. The van der Waals surface area contributed by atoms with Crippen LogP contribution in [0.25, 0.3) is 16.6 Å². The van der Waals surface area contributed by atoms with Crippen LogP contribution in [0.5, 0.6) is 0 Å². The zero-order chi connectivity index (χ0) is 26.0. The smallest absolute Gasteiger partial charge is 0.307 e. The highest BCUT2D eigenvalue weighted by Crippen LogP contribution is 2.26. The number of hydrogen-bond acceptors (Lipinski definition) is 9. The Hall–Kier alpha value is -2.85. The number of carbonyl (C=O) groups is 1. The molecular formula is C20H14Cl2N4O7S3. The molecular weight excluding hydrogens is 575 g/mol. The number of fused-ring (bicyclic) bond motifs is 1. The maximum Gasteiger partial charge on any atom is 0.333 e. The summed E-state index contributed by atoms with van der Waals surface area (Å²) < 4.78 is 32.2. The molecule has 0 saturated heterocycles. The first-order chi connectivity index (χ1) is 17.1. The molecule has 0 atom stereocenters. The van der Waals surface area contributed by atoms with E-state index in [1.54, 1.807) is 12.1 Å². The van der Waals surface area contributed by atoms with E-state index < -0.39 is 27.3 Å². The van der Waals surface area contributed by atoms with Crippen molar-refractivity contribution in [3.8, 4) is 5.69 Å². The molecule has 0 bridgehead atoms. The quantitative estimate of drug-likeness (QED) is 0.166. The molecule has 0 radical (unpaired) electrons. The first-order valence-corrected chi connectivity index (χ1v) is 13.4. The third-order valence-corrected chi connectivity index (χ3v) is 8.56. The standard InChI is InChI=1S/C20H14Cl2N4O7S3/c1-32-33-35-11-3-4-14-12(9-11)18(27)26(20(29)24-14)15-5-2-10(8-13(15)21)23-19(28)25-36(30,31)17-7-6-16(22)34-17/h2-9H,1H3,(H,24,29)(H2,23,25,28). The second-order valence-electron chi connectivity index (χ2n) is 6.88. The number of sulfonamides is 1. The topological polar surface area (TPSA) is 149 Å². The minimum absolute atomic E-state index is 0.0443. The first kappa shape index (κ1) is 26.2. The Balaban J connectivity index is 1.61. The van der Waals surface area contributed by atoms with E-state index in [4.69, 9.17) is 27.5 Å². The summed E-state index contributed by atoms with van der Waals surface area (Å²) in [6, 6.07) is 10.3. The molecule has 0 spiro atoms. The van der Waals surface area contributed by atoms with Gasteiger partial charge in [0, 0.05) is 10.6 Å². The Labute approximate surface area is 221 Å². The van der Waals surface area contributed by atoms with Crippen LogP contribution in [-0.4, -0.2) is 31.1 Å². The van der Waals surface area contributed by atoms with Crippen molar-refractivity contribution in [2.45, 2.75) is 9.10 Å². The van der Waals surface area contributed by atoms with Crippen LogP contribution in [-0.2, 0) is 19.2 Å². The Bertz CT molecular complexity index is 1700. The van der Waals surface area contributed by atoms with Gasteiger partial charge in [0.15, 0.2) is 0 Å². The van der Waals surface area contributed by atoms with E-state index in [2.05, 4.69) is 15.2 Å². The lowest BCUT2D eigenvalue weighted by molar-refractivity contribution is -0.160. The van der Waals surface area contributed by atoms with Crippen LogP contribution in [0.4, 0.5) is 10.5 Å². The van der Waals surface area contributed by atoms with Gasteiger partial charge in [-0.1, -0.05) is 23.2 Å². The van der Waals surface area contributed by atoms with E-state index in [-0.39, 0.29) is 30.3 Å². The molecule has 0 fully saturated rings. The number of rotatable bonds is 7. The second-order valence-corrected chi connectivity index (χ2v) is 11.7. The number of anilines is 1. The molecule has 2 heterocycles. The predicted octanol–water partition coefficient (Wildman–Crippen LogP) is 4.14. The van der Waals surface area contributed by atoms with Gasteiger partial charge in [0.05, 0.1) is 45.1 Å². The van der Waals surface area contributed by atoms with Gasteiger partial charge in [-0.2, -0.15) is 4.33 Å². The zero-order valence-corrected chi connectivity index (χ0v) is 21.9. The highest BCUT2D eigenvalue weighted by Gasteiger charge is 2.20. The largest absolute Gasteiger partial charge is 0.333 e. The number of thiophene rings is 1. The fourth-order valence-corrected chi connectivity index (χ4v) is 6.17. The summed E-state index contributed by atoms with van der Waals surface area (Å²) in [5.41, 5.74) is -0.914. The van der Waals surface area contributed by atoms with Crippen molar-refractivity contribution in [3.63, 3.8) is 0 Å². The molecule has 2 aromatic carbocycles. The highest BCUT2D eigenvalue weighted by atomic mass is 35.5. The maximum absolute atomic E-state index is 13.1. The number of aromatic amines is 1. The number of H-pyrrole nitrogens is 1. The summed E-state index contributed by atoms with van der Waals surface area (Å²) in [5.74, 6) is 0. The van der Waals surface area contributed by atoms with Gasteiger partial charge in [-0.3, -0.25) is 4.79 Å². The van der Waals surface area contributed by atoms with Crippen LogP contribution in [0.15, 0.2) is 67.2 Å². The number of hydrogen-bond donors (Lipinski definition) is 3. The average molecular weight is 589 g/mol. The van der Waals surface area contributed by atoms with E-state index in [0.717, 1.165) is 27.9 Å². The van der Waals surface area contributed by atoms with Gasteiger partial charge in [-0.15, -0.1) is 11.3 Å². The van der Waals surface area contributed by atoms with Crippen molar-refractivity contribution in [2.24, 2.45) is 0 Å². The van der Waals surface area contributed by atoms with Gasteiger partial charge >= 0.3 is 11.7 Å². The van der Waals surface area contributed by atoms with Crippen molar-refractivity contribution in [2.75, 3.05) is 12.4 Å². The fourth-order valence-electron chi connectivity index (χ4n) is 3.07. The van der Waals surface area contributed by atoms with Gasteiger partial charge in [0.25, 0.3) is 15.6 Å².